The lowest BCUT2D eigenvalue weighted by atomic mass is 9.85. The molecular formula is C43H51F2N11O5. The third-order valence-electron chi connectivity index (χ3n) is 12.9. The van der Waals surface area contributed by atoms with Crippen LogP contribution in [0.15, 0.2) is 58.2 Å². The third-order valence-corrected chi connectivity index (χ3v) is 12.9. The number of aromatic nitrogens is 6. The van der Waals surface area contributed by atoms with Crippen LogP contribution in [-0.4, -0.2) is 102 Å². The molecule has 1 aromatic carbocycles. The molecule has 61 heavy (non-hydrogen) atoms. The number of likely N-dealkylation sites (tertiary alicyclic amines) is 1. The minimum absolute atomic E-state index is 0.0311. The summed E-state index contributed by atoms with van der Waals surface area (Å²) in [4.78, 5) is 64.4. The van der Waals surface area contributed by atoms with Crippen LogP contribution >= 0.6 is 0 Å². The predicted molar refractivity (Wildman–Crippen MR) is 222 cm³/mol. The molecule has 5 aromatic rings. The Morgan fingerprint density at radius 3 is 2.59 bits per heavy atom. The van der Waals surface area contributed by atoms with Gasteiger partial charge in [0.2, 0.25) is 17.7 Å². The van der Waals surface area contributed by atoms with E-state index in [1.807, 2.05) is 18.2 Å². The van der Waals surface area contributed by atoms with Crippen LogP contribution in [0, 0.1) is 11.8 Å². The summed E-state index contributed by atoms with van der Waals surface area (Å²) in [6.07, 6.45) is 8.63. The number of nitrogens with one attached hydrogen (secondary N) is 3. The Balaban J connectivity index is 0.747. The number of pyridine rings is 1. The molecule has 322 valence electrons. The number of fused-ring (bicyclic) bond motifs is 1. The molecule has 4 aromatic heterocycles. The zero-order valence-corrected chi connectivity index (χ0v) is 34.4. The van der Waals surface area contributed by atoms with E-state index in [0.717, 1.165) is 75.9 Å². The lowest BCUT2D eigenvalue weighted by molar-refractivity contribution is -0.135. The van der Waals surface area contributed by atoms with E-state index in [2.05, 4.69) is 47.9 Å². The van der Waals surface area contributed by atoms with Gasteiger partial charge in [0.1, 0.15) is 18.1 Å². The minimum atomic E-state index is -2.87. The second kappa shape index (κ2) is 17.0. The highest BCUT2D eigenvalue weighted by Crippen LogP contribution is 2.36. The highest BCUT2D eigenvalue weighted by molar-refractivity contribution is 6.03. The number of imidazole rings is 1. The molecule has 2 saturated heterocycles. The van der Waals surface area contributed by atoms with Crippen LogP contribution in [-0.2, 0) is 23.1 Å². The highest BCUT2D eigenvalue weighted by Gasteiger charge is 2.34. The summed E-state index contributed by atoms with van der Waals surface area (Å²) in [5.74, 6) is 0.640. The molecule has 0 spiro atoms. The van der Waals surface area contributed by atoms with Crippen molar-refractivity contribution in [2.45, 2.75) is 82.3 Å². The van der Waals surface area contributed by atoms with E-state index in [9.17, 15) is 28.0 Å². The van der Waals surface area contributed by atoms with Crippen LogP contribution < -0.4 is 21.6 Å². The van der Waals surface area contributed by atoms with E-state index in [-0.39, 0.29) is 41.3 Å². The minimum Gasteiger partial charge on any atom is -0.444 e. The maximum Gasteiger partial charge on any atom is 0.329 e. The number of likely N-dealkylation sites (N-methyl/N-ethyl adjacent to an activating group) is 1. The zero-order valence-electron chi connectivity index (χ0n) is 34.4. The fourth-order valence-corrected chi connectivity index (χ4v) is 9.16. The molecule has 2 aliphatic heterocycles. The van der Waals surface area contributed by atoms with Crippen molar-refractivity contribution in [3.63, 3.8) is 0 Å². The Morgan fingerprint density at radius 1 is 1.05 bits per heavy atom. The number of hydrogen-bond donors (Lipinski definition) is 3. The molecule has 18 heteroatoms. The molecule has 6 heterocycles. The van der Waals surface area contributed by atoms with E-state index in [4.69, 9.17) is 4.42 Å². The van der Waals surface area contributed by atoms with Crippen molar-refractivity contribution < 1.29 is 27.6 Å². The summed E-state index contributed by atoms with van der Waals surface area (Å²) in [7, 11) is 3.90. The number of imide groups is 1. The van der Waals surface area contributed by atoms with Crippen LogP contribution in [0.25, 0.3) is 22.5 Å². The Bertz CT molecular complexity index is 2490. The number of halogens is 2. The van der Waals surface area contributed by atoms with Gasteiger partial charge in [-0.3, -0.25) is 38.4 Å². The molecule has 2 aliphatic carbocycles. The smallest absolute Gasteiger partial charge is 0.329 e. The molecule has 2 saturated carbocycles. The quantitative estimate of drug-likeness (QED) is 0.119. The Hall–Kier alpha value is -5.75. The number of nitrogens with zero attached hydrogens (tertiary/aromatic N) is 8. The van der Waals surface area contributed by atoms with Gasteiger partial charge in [0.25, 0.3) is 12.3 Å². The topological polar surface area (TPSA) is 177 Å². The summed E-state index contributed by atoms with van der Waals surface area (Å²) >= 11 is 0. The fraction of sp³-hybridized carbons (Fsp3) is 0.512. The first-order valence-electron chi connectivity index (χ1n) is 21.3. The van der Waals surface area contributed by atoms with Gasteiger partial charge in [-0.15, -0.1) is 0 Å². The van der Waals surface area contributed by atoms with Crippen molar-refractivity contribution in [1.29, 1.82) is 0 Å². The Kier molecular flexibility index (Phi) is 11.3. The molecule has 4 aliphatic rings. The Morgan fingerprint density at radius 2 is 1.84 bits per heavy atom. The predicted octanol–water partition coefficient (Wildman–Crippen LogP) is 5.17. The number of alkyl halides is 2. The van der Waals surface area contributed by atoms with E-state index in [1.54, 1.807) is 34.6 Å². The summed E-state index contributed by atoms with van der Waals surface area (Å²) in [5, 5.41) is 12.5. The van der Waals surface area contributed by atoms with Crippen molar-refractivity contribution in [3.8, 4) is 11.5 Å². The van der Waals surface area contributed by atoms with Gasteiger partial charge in [-0.1, -0.05) is 12.1 Å². The average molecular weight is 840 g/mol. The van der Waals surface area contributed by atoms with Crippen molar-refractivity contribution in [2.75, 3.05) is 50.4 Å². The number of anilines is 2. The number of hydrogen-bond acceptors (Lipinski definition) is 11. The van der Waals surface area contributed by atoms with E-state index in [1.165, 1.54) is 29.9 Å². The summed E-state index contributed by atoms with van der Waals surface area (Å²) < 4.78 is 38.7. The third kappa shape index (κ3) is 8.60. The molecule has 9 rings (SSSR count). The van der Waals surface area contributed by atoms with Crippen molar-refractivity contribution in [3.05, 3.63) is 76.4 Å². The van der Waals surface area contributed by atoms with Gasteiger partial charge >= 0.3 is 5.69 Å². The number of para-hydroxylation sites is 1. The van der Waals surface area contributed by atoms with E-state index < -0.39 is 30.0 Å². The lowest BCUT2D eigenvalue weighted by Crippen LogP contribution is -2.59. The number of aryl methyl sites for hydroxylation is 1. The largest absolute Gasteiger partial charge is 0.444 e. The van der Waals surface area contributed by atoms with Crippen LogP contribution in [0.1, 0.15) is 91.6 Å². The van der Waals surface area contributed by atoms with Crippen molar-refractivity contribution in [2.24, 2.45) is 18.9 Å². The summed E-state index contributed by atoms with van der Waals surface area (Å²) in [5.41, 5.74) is 2.40. The lowest BCUT2D eigenvalue weighted by Gasteiger charge is -2.45. The first-order valence-corrected chi connectivity index (χ1v) is 21.3. The molecule has 1 atom stereocenters. The molecule has 16 nitrogen and oxygen atoms in total. The standard InChI is InChI=1S/C43H51F2N11O5/c1-52(30-21-54(22-30)17-15-27-4-3-5-33-38(27)53(2)43(60)56(33)34-12-13-36(57)50-41(34)59)20-26-8-10-29(11-9-26)55-23-31(37(51-55)39(44)45)48-40(58)32-24-61-42(49-32)28-14-16-46-35(18-28)47-19-25-6-7-25/h3-5,14,16,18,23-26,29-30,34,39H,6-13,15,17,19-22H2,1-2H3,(H,46,47)(H,48,58)(H,50,57,59). The van der Waals surface area contributed by atoms with Crippen LogP contribution in [0.5, 0.6) is 0 Å². The van der Waals surface area contributed by atoms with Crippen LogP contribution in [0.2, 0.25) is 0 Å². The van der Waals surface area contributed by atoms with E-state index in [0.29, 0.717) is 41.2 Å². The molecular weight excluding hydrogens is 789 g/mol. The summed E-state index contributed by atoms with van der Waals surface area (Å²) in [6, 6.07) is 9.01. The normalized spacial score (nSPS) is 21.3. The van der Waals surface area contributed by atoms with Crippen LogP contribution in [0.4, 0.5) is 20.3 Å². The van der Waals surface area contributed by atoms with Gasteiger partial charge < -0.3 is 20.0 Å². The number of benzene rings is 1. The molecule has 0 radical (unpaired) electrons. The number of oxazole rings is 1. The first kappa shape index (κ1) is 40.6. The number of carbonyl (C=O) groups excluding carboxylic acids is 3. The molecule has 1 unspecified atom stereocenters. The van der Waals surface area contributed by atoms with Gasteiger partial charge in [-0.25, -0.2) is 23.5 Å². The second-order valence-corrected chi connectivity index (χ2v) is 17.2. The molecule has 3 N–H and O–H groups in total. The maximum absolute atomic E-state index is 14.2. The molecule has 3 amide bonds. The highest BCUT2D eigenvalue weighted by atomic mass is 19.3. The monoisotopic (exact) mass is 839 g/mol. The number of amides is 3. The number of rotatable bonds is 15. The molecule has 0 bridgehead atoms. The SMILES string of the molecule is CN(CC1CCC(n2cc(NC(=O)c3coc(-c4ccnc(NCC5CC5)c4)n3)c(C(F)F)n2)CC1)C1CN(CCc2cccc3c2n(C)c(=O)n3C2CCC(=O)NC2=O)C1. The number of piperidine rings is 1. The first-order chi connectivity index (χ1) is 29.5. The summed E-state index contributed by atoms with van der Waals surface area (Å²) in [6.45, 7) is 4.51. The zero-order chi connectivity index (χ0) is 42.4. The van der Waals surface area contributed by atoms with Gasteiger partial charge in [0, 0.05) is 70.2 Å². The van der Waals surface area contributed by atoms with Crippen LogP contribution in [0.3, 0.4) is 0 Å². The number of carbonyl (C=O) groups is 3. The average Bonchev–Trinajstić information content (AvgIpc) is 3.63. The van der Waals surface area contributed by atoms with Crippen molar-refractivity contribution >= 4 is 40.3 Å². The fourth-order valence-electron chi connectivity index (χ4n) is 9.16. The van der Waals surface area contributed by atoms with Gasteiger partial charge in [-0.05, 0) is 94.0 Å². The van der Waals surface area contributed by atoms with Gasteiger partial charge in [-0.2, -0.15) is 5.10 Å². The Labute approximate surface area is 350 Å². The maximum atomic E-state index is 14.2. The van der Waals surface area contributed by atoms with E-state index >= 15 is 0 Å². The second-order valence-electron chi connectivity index (χ2n) is 17.2. The van der Waals surface area contributed by atoms with Crippen molar-refractivity contribution in [1.82, 2.24) is 44.0 Å². The molecule has 4 fully saturated rings. The van der Waals surface area contributed by atoms with Gasteiger partial charge in [0.05, 0.1) is 22.8 Å². The van der Waals surface area contributed by atoms with Gasteiger partial charge in [0.15, 0.2) is 11.4 Å².